The standard InChI is InChI=1S/C50H32N4/c1-2-13-36(14-3-1)47-32-43(50-40-15-5-4-12-33(40)24-27-46(50)53-47)35-22-20-34(21-23-35)38-25-26-39(42-17-7-6-16-41(38)42)37-30-48(44-18-8-10-28-51-44)54-49(31-37)45-19-9-11-29-52-45/h1-32H. The second kappa shape index (κ2) is 13.4. The summed E-state index contributed by atoms with van der Waals surface area (Å²) in [6.07, 6.45) is 3.61. The van der Waals surface area contributed by atoms with Gasteiger partial charge in [0.05, 0.1) is 34.0 Å². The molecule has 6 aromatic carbocycles. The van der Waals surface area contributed by atoms with Crippen molar-refractivity contribution in [2.75, 3.05) is 0 Å². The van der Waals surface area contributed by atoms with Crippen molar-refractivity contribution in [2.24, 2.45) is 0 Å². The maximum atomic E-state index is 5.15. The monoisotopic (exact) mass is 688 g/mol. The van der Waals surface area contributed by atoms with Crippen molar-refractivity contribution in [2.45, 2.75) is 0 Å². The quantitative estimate of drug-likeness (QED) is 0.163. The van der Waals surface area contributed by atoms with Crippen molar-refractivity contribution in [3.8, 4) is 67.4 Å². The topological polar surface area (TPSA) is 51.6 Å². The van der Waals surface area contributed by atoms with Gasteiger partial charge in [-0.2, -0.15) is 0 Å². The normalized spacial score (nSPS) is 11.3. The molecule has 0 amide bonds. The Balaban J connectivity index is 1.10. The van der Waals surface area contributed by atoms with E-state index >= 15 is 0 Å². The zero-order chi connectivity index (χ0) is 35.8. The predicted octanol–water partition coefficient (Wildman–Crippen LogP) is 12.7. The fraction of sp³-hybridized carbons (Fsp3) is 0. The summed E-state index contributed by atoms with van der Waals surface area (Å²) >= 11 is 0. The first-order chi connectivity index (χ1) is 26.8. The van der Waals surface area contributed by atoms with Gasteiger partial charge >= 0.3 is 0 Å². The first kappa shape index (κ1) is 31.4. The molecule has 0 saturated heterocycles. The van der Waals surface area contributed by atoms with Crippen molar-refractivity contribution < 1.29 is 0 Å². The van der Waals surface area contributed by atoms with Crippen molar-refractivity contribution in [3.63, 3.8) is 0 Å². The molecule has 4 aromatic heterocycles. The Hall–Kier alpha value is -7.30. The van der Waals surface area contributed by atoms with Gasteiger partial charge in [0.2, 0.25) is 0 Å². The first-order valence-corrected chi connectivity index (χ1v) is 18.1. The molecule has 252 valence electrons. The molecular formula is C50H32N4. The minimum Gasteiger partial charge on any atom is -0.255 e. The fourth-order valence-corrected chi connectivity index (χ4v) is 7.60. The summed E-state index contributed by atoms with van der Waals surface area (Å²) in [6, 6.07) is 63.9. The van der Waals surface area contributed by atoms with Gasteiger partial charge in [0.25, 0.3) is 0 Å². The third-order valence-electron chi connectivity index (χ3n) is 10.2. The van der Waals surface area contributed by atoms with Gasteiger partial charge in [-0.1, -0.05) is 133 Å². The number of pyridine rings is 4. The summed E-state index contributed by atoms with van der Waals surface area (Å²) in [4.78, 5) is 19.4. The molecule has 10 aromatic rings. The number of hydrogen-bond donors (Lipinski definition) is 0. The van der Waals surface area contributed by atoms with E-state index in [-0.39, 0.29) is 0 Å². The maximum absolute atomic E-state index is 5.15. The molecular weight excluding hydrogens is 657 g/mol. The van der Waals surface area contributed by atoms with Crippen LogP contribution in [0, 0.1) is 0 Å². The van der Waals surface area contributed by atoms with E-state index in [4.69, 9.17) is 9.97 Å². The Morgan fingerprint density at radius 2 is 0.852 bits per heavy atom. The van der Waals surface area contributed by atoms with Gasteiger partial charge in [0, 0.05) is 23.3 Å². The largest absolute Gasteiger partial charge is 0.255 e. The molecule has 0 aliphatic rings. The van der Waals surface area contributed by atoms with Crippen LogP contribution in [0.3, 0.4) is 0 Å². The van der Waals surface area contributed by atoms with Crippen LogP contribution in [0.4, 0.5) is 0 Å². The Kier molecular flexibility index (Phi) is 7.77. The minimum absolute atomic E-state index is 0.810. The Morgan fingerprint density at radius 3 is 1.48 bits per heavy atom. The molecule has 0 aliphatic carbocycles. The third kappa shape index (κ3) is 5.67. The van der Waals surface area contributed by atoms with E-state index in [1.54, 1.807) is 12.4 Å². The average molecular weight is 689 g/mol. The summed E-state index contributed by atoms with van der Waals surface area (Å²) in [5.74, 6) is 0. The van der Waals surface area contributed by atoms with Crippen LogP contribution in [0.1, 0.15) is 0 Å². The molecule has 0 saturated carbocycles. The molecule has 0 atom stereocenters. The van der Waals surface area contributed by atoms with Gasteiger partial charge in [-0.3, -0.25) is 9.97 Å². The summed E-state index contributed by atoms with van der Waals surface area (Å²) in [5, 5.41) is 5.93. The van der Waals surface area contributed by atoms with Gasteiger partial charge in [-0.25, -0.2) is 9.97 Å². The molecule has 54 heavy (non-hydrogen) atoms. The zero-order valence-electron chi connectivity index (χ0n) is 29.3. The second-order valence-corrected chi connectivity index (χ2v) is 13.4. The van der Waals surface area contributed by atoms with E-state index in [1.807, 2.05) is 42.5 Å². The molecule has 10 rings (SSSR count). The van der Waals surface area contributed by atoms with Crippen LogP contribution in [0.5, 0.6) is 0 Å². The summed E-state index contributed by atoms with van der Waals surface area (Å²) in [7, 11) is 0. The van der Waals surface area contributed by atoms with Gasteiger partial charge in [0.1, 0.15) is 0 Å². The lowest BCUT2D eigenvalue weighted by atomic mass is 9.90. The van der Waals surface area contributed by atoms with Crippen molar-refractivity contribution in [1.29, 1.82) is 0 Å². The summed E-state index contributed by atoms with van der Waals surface area (Å²) in [6.45, 7) is 0. The van der Waals surface area contributed by atoms with Crippen LogP contribution in [0.2, 0.25) is 0 Å². The van der Waals surface area contributed by atoms with E-state index in [0.717, 1.165) is 61.8 Å². The van der Waals surface area contributed by atoms with Crippen molar-refractivity contribution in [3.05, 3.63) is 194 Å². The van der Waals surface area contributed by atoms with Crippen LogP contribution in [0.25, 0.3) is 99.9 Å². The van der Waals surface area contributed by atoms with Crippen molar-refractivity contribution >= 4 is 32.4 Å². The van der Waals surface area contributed by atoms with Crippen LogP contribution in [-0.2, 0) is 0 Å². The number of benzene rings is 6. The third-order valence-corrected chi connectivity index (χ3v) is 10.2. The smallest absolute Gasteiger partial charge is 0.0900 e. The summed E-state index contributed by atoms with van der Waals surface area (Å²) < 4.78 is 0. The fourth-order valence-electron chi connectivity index (χ4n) is 7.60. The van der Waals surface area contributed by atoms with E-state index in [1.165, 1.54) is 38.1 Å². The highest BCUT2D eigenvalue weighted by Crippen LogP contribution is 2.40. The number of aromatic nitrogens is 4. The zero-order valence-corrected chi connectivity index (χ0v) is 29.3. The predicted molar refractivity (Wildman–Crippen MR) is 223 cm³/mol. The second-order valence-electron chi connectivity index (χ2n) is 13.4. The maximum Gasteiger partial charge on any atom is 0.0900 e. The van der Waals surface area contributed by atoms with E-state index in [9.17, 15) is 0 Å². The molecule has 0 fully saturated rings. The lowest BCUT2D eigenvalue weighted by Gasteiger charge is -2.15. The Morgan fingerprint density at radius 1 is 0.296 bits per heavy atom. The highest BCUT2D eigenvalue weighted by Gasteiger charge is 2.16. The highest BCUT2D eigenvalue weighted by atomic mass is 14.8. The number of rotatable bonds is 6. The van der Waals surface area contributed by atoms with Gasteiger partial charge < -0.3 is 0 Å². The van der Waals surface area contributed by atoms with Crippen LogP contribution < -0.4 is 0 Å². The minimum atomic E-state index is 0.810. The lowest BCUT2D eigenvalue weighted by molar-refractivity contribution is 1.22. The molecule has 4 nitrogen and oxygen atoms in total. The molecule has 0 aliphatic heterocycles. The Labute approximate surface area is 313 Å². The van der Waals surface area contributed by atoms with E-state index in [2.05, 4.69) is 149 Å². The average Bonchev–Trinajstić information content (AvgIpc) is 3.26. The first-order valence-electron chi connectivity index (χ1n) is 18.1. The van der Waals surface area contributed by atoms with Gasteiger partial charge in [-0.05, 0) is 103 Å². The van der Waals surface area contributed by atoms with Crippen molar-refractivity contribution in [1.82, 2.24) is 19.9 Å². The van der Waals surface area contributed by atoms with E-state index < -0.39 is 0 Å². The lowest BCUT2D eigenvalue weighted by Crippen LogP contribution is -1.94. The molecule has 0 spiro atoms. The summed E-state index contributed by atoms with van der Waals surface area (Å²) in [5.41, 5.74) is 13.2. The van der Waals surface area contributed by atoms with Gasteiger partial charge in [0.15, 0.2) is 0 Å². The Bertz CT molecular complexity index is 2900. The number of hydrogen-bond acceptors (Lipinski definition) is 4. The van der Waals surface area contributed by atoms with E-state index in [0.29, 0.717) is 0 Å². The van der Waals surface area contributed by atoms with Crippen LogP contribution in [-0.4, -0.2) is 19.9 Å². The molecule has 0 unspecified atom stereocenters. The van der Waals surface area contributed by atoms with Crippen LogP contribution >= 0.6 is 0 Å². The van der Waals surface area contributed by atoms with Gasteiger partial charge in [-0.15, -0.1) is 0 Å². The molecule has 0 radical (unpaired) electrons. The molecule has 4 heteroatoms. The SMILES string of the molecule is c1ccc(-c2cc(-c3ccc(-c4ccc(-c5cc(-c6ccccn6)nc(-c6ccccn6)c5)c5ccccc45)cc3)c3c(ccc4ccccc43)n2)cc1. The molecule has 0 N–H and O–H groups in total. The molecule has 0 bridgehead atoms. The molecule has 4 heterocycles. The highest BCUT2D eigenvalue weighted by molar-refractivity contribution is 6.14. The number of fused-ring (bicyclic) bond motifs is 4. The number of nitrogens with zero attached hydrogens (tertiary/aromatic N) is 4. The van der Waals surface area contributed by atoms with Crippen LogP contribution in [0.15, 0.2) is 194 Å².